The number of benzene rings is 2. The van der Waals surface area contributed by atoms with Gasteiger partial charge in [0.05, 0.1) is 12.7 Å². The standard InChI is InChI=1S/C27H30N2O5/c1-19(2)29(27(32)21-11-9-20(10-12-21)24-8-5-15-33-24)16-22-6-3-4-7-25(22)34-23-17-28(18-23)14-13-26(30)31/h3-12,15,19,23H,13-14,16-18H2,1-2H3,(H,30,31). The number of amides is 1. The lowest BCUT2D eigenvalue weighted by Gasteiger charge is -2.39. The van der Waals surface area contributed by atoms with E-state index in [2.05, 4.69) is 4.90 Å². The molecule has 3 aromatic rings. The molecular weight excluding hydrogens is 432 g/mol. The molecule has 1 aliphatic rings. The van der Waals surface area contributed by atoms with Crippen LogP contribution in [-0.4, -0.2) is 58.6 Å². The van der Waals surface area contributed by atoms with Crippen molar-refractivity contribution >= 4 is 11.9 Å². The first kappa shape index (κ1) is 23.6. The number of aliphatic carboxylic acids is 1. The van der Waals surface area contributed by atoms with Crippen molar-refractivity contribution in [2.45, 2.75) is 39.0 Å². The van der Waals surface area contributed by atoms with Gasteiger partial charge < -0.3 is 19.2 Å². The Morgan fingerprint density at radius 2 is 1.82 bits per heavy atom. The van der Waals surface area contributed by atoms with Crippen molar-refractivity contribution < 1.29 is 23.8 Å². The lowest BCUT2D eigenvalue weighted by Crippen LogP contribution is -2.54. The van der Waals surface area contributed by atoms with Gasteiger partial charge in [0.1, 0.15) is 17.6 Å². The SMILES string of the molecule is CC(C)N(Cc1ccccc1OC1CN(CCC(=O)O)C1)C(=O)c1ccc(-c2ccco2)cc1. The van der Waals surface area contributed by atoms with E-state index in [4.69, 9.17) is 14.3 Å². The molecule has 1 amide bonds. The summed E-state index contributed by atoms with van der Waals surface area (Å²) < 4.78 is 11.6. The van der Waals surface area contributed by atoms with Gasteiger partial charge in [0.25, 0.3) is 5.91 Å². The molecule has 2 aromatic carbocycles. The van der Waals surface area contributed by atoms with Gasteiger partial charge in [0.15, 0.2) is 0 Å². The first-order chi connectivity index (χ1) is 16.4. The van der Waals surface area contributed by atoms with E-state index in [0.29, 0.717) is 31.7 Å². The number of carboxylic acid groups (broad SMARTS) is 1. The lowest BCUT2D eigenvalue weighted by atomic mass is 10.1. The third kappa shape index (κ3) is 5.66. The average Bonchev–Trinajstić information content (AvgIpc) is 3.34. The van der Waals surface area contributed by atoms with Crippen molar-refractivity contribution in [2.75, 3.05) is 19.6 Å². The number of furan rings is 1. The fourth-order valence-electron chi connectivity index (χ4n) is 4.02. The third-order valence-electron chi connectivity index (χ3n) is 5.99. The summed E-state index contributed by atoms with van der Waals surface area (Å²) in [5, 5.41) is 8.84. The second-order valence-corrected chi connectivity index (χ2v) is 8.83. The zero-order valence-electron chi connectivity index (χ0n) is 19.5. The molecule has 1 aliphatic heterocycles. The highest BCUT2D eigenvalue weighted by molar-refractivity contribution is 5.94. The molecule has 7 nitrogen and oxygen atoms in total. The maximum Gasteiger partial charge on any atom is 0.304 e. The summed E-state index contributed by atoms with van der Waals surface area (Å²) in [6, 6.07) is 19.0. The molecule has 1 N–H and O–H groups in total. The van der Waals surface area contributed by atoms with E-state index in [1.54, 1.807) is 6.26 Å². The monoisotopic (exact) mass is 462 g/mol. The van der Waals surface area contributed by atoms with E-state index in [-0.39, 0.29) is 24.5 Å². The Morgan fingerprint density at radius 3 is 2.47 bits per heavy atom. The Labute approximate surface area is 199 Å². The molecule has 4 rings (SSSR count). The molecule has 0 spiro atoms. The van der Waals surface area contributed by atoms with Gasteiger partial charge in [-0.15, -0.1) is 0 Å². The van der Waals surface area contributed by atoms with Crippen molar-refractivity contribution in [3.63, 3.8) is 0 Å². The molecule has 1 aromatic heterocycles. The summed E-state index contributed by atoms with van der Waals surface area (Å²) in [4.78, 5) is 28.0. The molecule has 0 radical (unpaired) electrons. The Balaban J connectivity index is 1.42. The molecule has 7 heteroatoms. The minimum absolute atomic E-state index is 0.000481. The maximum absolute atomic E-state index is 13.4. The number of nitrogens with zero attached hydrogens (tertiary/aromatic N) is 2. The minimum atomic E-state index is -0.788. The van der Waals surface area contributed by atoms with Crippen LogP contribution in [0.3, 0.4) is 0 Å². The van der Waals surface area contributed by atoms with E-state index < -0.39 is 5.97 Å². The Hall–Kier alpha value is -3.58. The zero-order chi connectivity index (χ0) is 24.1. The smallest absolute Gasteiger partial charge is 0.304 e. The first-order valence-electron chi connectivity index (χ1n) is 11.5. The highest BCUT2D eigenvalue weighted by Gasteiger charge is 2.29. The normalized spacial score (nSPS) is 14.1. The molecule has 178 valence electrons. The lowest BCUT2D eigenvalue weighted by molar-refractivity contribution is -0.138. The number of ether oxygens (including phenoxy) is 1. The van der Waals surface area contributed by atoms with Gasteiger partial charge in [-0.2, -0.15) is 0 Å². The van der Waals surface area contributed by atoms with Crippen molar-refractivity contribution in [1.82, 2.24) is 9.80 Å². The first-order valence-corrected chi connectivity index (χ1v) is 11.5. The highest BCUT2D eigenvalue weighted by Crippen LogP contribution is 2.26. The van der Waals surface area contributed by atoms with Gasteiger partial charge >= 0.3 is 5.97 Å². The molecule has 0 unspecified atom stereocenters. The van der Waals surface area contributed by atoms with Crippen LogP contribution in [0.1, 0.15) is 36.2 Å². The van der Waals surface area contributed by atoms with E-state index in [1.807, 2.05) is 79.4 Å². The summed E-state index contributed by atoms with van der Waals surface area (Å²) >= 11 is 0. The number of carbonyl (C=O) groups is 2. The number of hydrogen-bond donors (Lipinski definition) is 1. The quantitative estimate of drug-likeness (QED) is 0.477. The molecule has 0 bridgehead atoms. The molecular formula is C27H30N2O5. The number of carbonyl (C=O) groups excluding carboxylic acids is 1. The van der Waals surface area contributed by atoms with E-state index in [0.717, 1.165) is 22.6 Å². The molecule has 0 aliphatic carbocycles. The predicted molar refractivity (Wildman–Crippen MR) is 129 cm³/mol. The topological polar surface area (TPSA) is 83.2 Å². The molecule has 1 saturated heterocycles. The average molecular weight is 463 g/mol. The maximum atomic E-state index is 13.4. The number of para-hydroxylation sites is 1. The fraction of sp³-hybridized carbons (Fsp3) is 0.333. The summed E-state index contributed by atoms with van der Waals surface area (Å²) in [5.41, 5.74) is 2.49. The van der Waals surface area contributed by atoms with Crippen LogP contribution in [0.5, 0.6) is 5.75 Å². The van der Waals surface area contributed by atoms with E-state index in [9.17, 15) is 9.59 Å². The molecule has 0 saturated carbocycles. The molecule has 34 heavy (non-hydrogen) atoms. The van der Waals surface area contributed by atoms with Crippen molar-refractivity contribution in [3.8, 4) is 17.1 Å². The van der Waals surface area contributed by atoms with Crippen LogP contribution in [0.15, 0.2) is 71.3 Å². The van der Waals surface area contributed by atoms with Crippen LogP contribution in [0.4, 0.5) is 0 Å². The third-order valence-corrected chi connectivity index (χ3v) is 5.99. The fourth-order valence-corrected chi connectivity index (χ4v) is 4.02. The Morgan fingerprint density at radius 1 is 1.09 bits per heavy atom. The van der Waals surface area contributed by atoms with Crippen LogP contribution in [0.2, 0.25) is 0 Å². The van der Waals surface area contributed by atoms with Gasteiger partial charge in [-0.05, 0) is 44.2 Å². The van der Waals surface area contributed by atoms with Crippen LogP contribution < -0.4 is 4.74 Å². The summed E-state index contributed by atoms with van der Waals surface area (Å²) in [7, 11) is 0. The van der Waals surface area contributed by atoms with Gasteiger partial charge in [0, 0.05) is 48.9 Å². The summed E-state index contributed by atoms with van der Waals surface area (Å²) in [5.74, 6) is 0.698. The largest absolute Gasteiger partial charge is 0.487 e. The minimum Gasteiger partial charge on any atom is -0.487 e. The van der Waals surface area contributed by atoms with Crippen LogP contribution in [0, 0.1) is 0 Å². The summed E-state index contributed by atoms with van der Waals surface area (Å²) in [6.07, 6.45) is 1.79. The predicted octanol–water partition coefficient (Wildman–Crippen LogP) is 4.54. The van der Waals surface area contributed by atoms with Gasteiger partial charge in [-0.25, -0.2) is 0 Å². The van der Waals surface area contributed by atoms with Crippen molar-refractivity contribution in [1.29, 1.82) is 0 Å². The van der Waals surface area contributed by atoms with Gasteiger partial charge in [0.2, 0.25) is 0 Å². The second-order valence-electron chi connectivity index (χ2n) is 8.83. The second kappa shape index (κ2) is 10.6. The Bertz CT molecular complexity index is 1100. The number of rotatable bonds is 10. The number of likely N-dealkylation sites (tertiary alicyclic amines) is 1. The van der Waals surface area contributed by atoms with Crippen molar-refractivity contribution in [3.05, 3.63) is 78.1 Å². The molecule has 2 heterocycles. The Kier molecular flexibility index (Phi) is 7.33. The summed E-state index contributed by atoms with van der Waals surface area (Å²) in [6.45, 7) is 6.38. The number of carboxylic acids is 1. The molecule has 0 atom stereocenters. The van der Waals surface area contributed by atoms with E-state index >= 15 is 0 Å². The van der Waals surface area contributed by atoms with Gasteiger partial charge in [-0.1, -0.05) is 30.3 Å². The van der Waals surface area contributed by atoms with Crippen LogP contribution in [0.25, 0.3) is 11.3 Å². The van der Waals surface area contributed by atoms with Gasteiger partial charge in [-0.3, -0.25) is 14.5 Å². The van der Waals surface area contributed by atoms with Crippen LogP contribution in [-0.2, 0) is 11.3 Å². The van der Waals surface area contributed by atoms with E-state index in [1.165, 1.54) is 0 Å². The van der Waals surface area contributed by atoms with Crippen LogP contribution >= 0.6 is 0 Å². The highest BCUT2D eigenvalue weighted by atomic mass is 16.5. The zero-order valence-corrected chi connectivity index (χ0v) is 19.5. The van der Waals surface area contributed by atoms with Crippen molar-refractivity contribution in [2.24, 2.45) is 0 Å². The number of hydrogen-bond acceptors (Lipinski definition) is 5. The molecule has 1 fully saturated rings.